The van der Waals surface area contributed by atoms with Gasteiger partial charge in [0, 0.05) is 5.56 Å². The van der Waals surface area contributed by atoms with Crippen LogP contribution in [0.1, 0.15) is 11.1 Å². The summed E-state index contributed by atoms with van der Waals surface area (Å²) in [5, 5.41) is 9.52. The molecule has 0 aliphatic carbocycles. The molecule has 1 fully saturated rings. The molecule has 0 unspecified atom stereocenters. The van der Waals surface area contributed by atoms with Crippen LogP contribution in [-0.4, -0.2) is 38.0 Å². The first-order valence-electron chi connectivity index (χ1n) is 10.1. The number of methoxy groups -OCH3 is 1. The van der Waals surface area contributed by atoms with Crippen molar-refractivity contribution in [2.45, 2.75) is 12.2 Å². The van der Waals surface area contributed by atoms with Crippen LogP contribution in [0.2, 0.25) is 5.02 Å². The molecule has 4 rings (SSSR count). The molecule has 1 saturated heterocycles. The lowest BCUT2D eigenvalue weighted by Gasteiger charge is -2.41. The molecule has 0 saturated carbocycles. The van der Waals surface area contributed by atoms with Crippen molar-refractivity contribution in [3.63, 3.8) is 0 Å². The maximum Gasteiger partial charge on any atom is 0.329 e. The summed E-state index contributed by atoms with van der Waals surface area (Å²) >= 11 is 6.41. The van der Waals surface area contributed by atoms with Crippen LogP contribution in [0.15, 0.2) is 66.7 Å². The molecule has 0 bridgehead atoms. The highest BCUT2D eigenvalue weighted by Crippen LogP contribution is 2.35. The Morgan fingerprint density at radius 3 is 2.44 bits per heavy atom. The van der Waals surface area contributed by atoms with Crippen LogP contribution in [0, 0.1) is 0 Å². The van der Waals surface area contributed by atoms with Crippen LogP contribution in [0.5, 0.6) is 11.5 Å². The fraction of sp³-hybridized carbons (Fsp3) is 0.240. The fourth-order valence-electron chi connectivity index (χ4n) is 3.53. The third-order valence-corrected chi connectivity index (χ3v) is 5.66. The van der Waals surface area contributed by atoms with Crippen molar-refractivity contribution < 1.29 is 28.8 Å². The number of halogens is 1. The summed E-state index contributed by atoms with van der Waals surface area (Å²) < 4.78 is 22.0. The quantitative estimate of drug-likeness (QED) is 0.494. The summed E-state index contributed by atoms with van der Waals surface area (Å²) in [6.45, 7) is 0.698. The molecule has 0 atom stereocenters. The van der Waals surface area contributed by atoms with Crippen LogP contribution in [0.3, 0.4) is 0 Å². The fourth-order valence-corrected chi connectivity index (χ4v) is 3.81. The minimum absolute atomic E-state index is 0.335. The SMILES string of the molecule is COc1ccc(-c2cccc(COc3ccc(C4(OCC(=O)O)COC4)cc3)c2)c(Cl)c1. The predicted octanol–water partition coefficient (Wildman–Crippen LogP) is 4.92. The van der Waals surface area contributed by atoms with Gasteiger partial charge in [-0.15, -0.1) is 0 Å². The minimum atomic E-state index is -1.01. The van der Waals surface area contributed by atoms with E-state index in [1.807, 2.05) is 60.7 Å². The summed E-state index contributed by atoms with van der Waals surface area (Å²) in [6.07, 6.45) is 0. The van der Waals surface area contributed by atoms with E-state index in [1.165, 1.54) is 0 Å². The smallest absolute Gasteiger partial charge is 0.329 e. The molecule has 0 aromatic heterocycles. The number of hydrogen-bond acceptors (Lipinski definition) is 5. The standard InChI is InChI=1S/C25H23ClO6/c1-29-21-9-10-22(23(26)12-21)18-4-2-3-17(11-18)13-31-20-7-5-19(6-8-20)25(15-30-16-25)32-14-24(27)28/h2-12H,13-16H2,1H3,(H,27,28). The van der Waals surface area contributed by atoms with Crippen molar-refractivity contribution in [1.29, 1.82) is 0 Å². The van der Waals surface area contributed by atoms with Gasteiger partial charge in [0.05, 0.1) is 25.3 Å². The number of carboxylic acids is 1. The van der Waals surface area contributed by atoms with E-state index in [-0.39, 0.29) is 6.61 Å². The number of ether oxygens (including phenoxy) is 4. The number of benzene rings is 3. The Bertz CT molecular complexity index is 1090. The molecule has 6 nitrogen and oxygen atoms in total. The van der Waals surface area contributed by atoms with Gasteiger partial charge in [-0.25, -0.2) is 4.79 Å². The summed E-state index contributed by atoms with van der Waals surface area (Å²) in [5.74, 6) is 0.412. The van der Waals surface area contributed by atoms with Crippen LogP contribution in [0.25, 0.3) is 11.1 Å². The second-order valence-electron chi connectivity index (χ2n) is 7.53. The van der Waals surface area contributed by atoms with Gasteiger partial charge in [-0.3, -0.25) is 0 Å². The van der Waals surface area contributed by atoms with Gasteiger partial charge < -0.3 is 24.1 Å². The monoisotopic (exact) mass is 454 g/mol. The van der Waals surface area contributed by atoms with E-state index >= 15 is 0 Å². The maximum atomic E-state index is 10.9. The zero-order valence-corrected chi connectivity index (χ0v) is 18.3. The number of carbonyl (C=O) groups is 1. The van der Waals surface area contributed by atoms with Gasteiger partial charge in [0.2, 0.25) is 0 Å². The summed E-state index contributed by atoms with van der Waals surface area (Å²) in [6, 6.07) is 21.1. The second-order valence-corrected chi connectivity index (χ2v) is 7.94. The molecule has 166 valence electrons. The van der Waals surface area contributed by atoms with E-state index in [9.17, 15) is 4.79 Å². The van der Waals surface area contributed by atoms with Crippen LogP contribution in [-0.2, 0) is 26.5 Å². The van der Waals surface area contributed by atoms with Gasteiger partial charge >= 0.3 is 5.97 Å². The number of aliphatic carboxylic acids is 1. The molecule has 3 aromatic carbocycles. The van der Waals surface area contributed by atoms with Gasteiger partial charge in [-0.1, -0.05) is 41.9 Å². The lowest BCUT2D eigenvalue weighted by molar-refractivity contribution is -0.220. The number of rotatable bonds is 9. The molecule has 0 radical (unpaired) electrons. The predicted molar refractivity (Wildman–Crippen MR) is 120 cm³/mol. The Morgan fingerprint density at radius 2 is 1.81 bits per heavy atom. The highest BCUT2D eigenvalue weighted by Gasteiger charge is 2.42. The Kier molecular flexibility index (Phi) is 6.65. The number of carboxylic acid groups (broad SMARTS) is 1. The third-order valence-electron chi connectivity index (χ3n) is 5.34. The van der Waals surface area contributed by atoms with E-state index in [4.69, 9.17) is 35.7 Å². The van der Waals surface area contributed by atoms with Crippen LogP contribution in [0.4, 0.5) is 0 Å². The average Bonchev–Trinajstić information content (AvgIpc) is 2.77. The van der Waals surface area contributed by atoms with E-state index in [0.717, 1.165) is 22.3 Å². The molecule has 1 aliphatic heterocycles. The first-order chi connectivity index (χ1) is 15.5. The van der Waals surface area contributed by atoms with Gasteiger partial charge in [0.25, 0.3) is 0 Å². The molecule has 1 aliphatic rings. The molecule has 0 spiro atoms. The van der Waals surface area contributed by atoms with E-state index in [1.54, 1.807) is 13.2 Å². The molecular weight excluding hydrogens is 432 g/mol. The molecule has 32 heavy (non-hydrogen) atoms. The van der Waals surface area contributed by atoms with Crippen LogP contribution < -0.4 is 9.47 Å². The summed E-state index contributed by atoms with van der Waals surface area (Å²) in [4.78, 5) is 10.9. The zero-order valence-electron chi connectivity index (χ0n) is 17.5. The van der Waals surface area contributed by atoms with Crippen molar-refractivity contribution in [2.75, 3.05) is 26.9 Å². The van der Waals surface area contributed by atoms with Crippen molar-refractivity contribution in [1.82, 2.24) is 0 Å². The molecule has 1 N–H and O–H groups in total. The second kappa shape index (κ2) is 9.61. The summed E-state index contributed by atoms with van der Waals surface area (Å²) in [7, 11) is 1.61. The topological polar surface area (TPSA) is 74.2 Å². The molecule has 7 heteroatoms. The Balaban J connectivity index is 1.42. The molecule has 3 aromatic rings. The molecule has 0 amide bonds. The highest BCUT2D eigenvalue weighted by atomic mass is 35.5. The van der Waals surface area contributed by atoms with E-state index in [0.29, 0.717) is 36.3 Å². The largest absolute Gasteiger partial charge is 0.497 e. The highest BCUT2D eigenvalue weighted by molar-refractivity contribution is 6.33. The Labute approximate surface area is 191 Å². The van der Waals surface area contributed by atoms with Gasteiger partial charge in [0.1, 0.15) is 30.3 Å². The average molecular weight is 455 g/mol. The lowest BCUT2D eigenvalue weighted by atomic mass is 9.91. The van der Waals surface area contributed by atoms with E-state index in [2.05, 4.69) is 0 Å². The van der Waals surface area contributed by atoms with Crippen molar-refractivity contribution in [2.24, 2.45) is 0 Å². The third kappa shape index (κ3) is 4.88. The lowest BCUT2D eigenvalue weighted by Crippen LogP contribution is -2.49. The summed E-state index contributed by atoms with van der Waals surface area (Å²) in [5.41, 5.74) is 3.09. The van der Waals surface area contributed by atoms with E-state index < -0.39 is 11.6 Å². The minimum Gasteiger partial charge on any atom is -0.497 e. The first-order valence-corrected chi connectivity index (χ1v) is 10.5. The van der Waals surface area contributed by atoms with Crippen molar-refractivity contribution >= 4 is 17.6 Å². The Morgan fingerprint density at radius 1 is 1.06 bits per heavy atom. The van der Waals surface area contributed by atoms with Crippen LogP contribution >= 0.6 is 11.6 Å². The first kappa shape index (κ1) is 22.1. The normalized spacial score (nSPS) is 14.4. The maximum absolute atomic E-state index is 10.9. The van der Waals surface area contributed by atoms with Gasteiger partial charge in [0.15, 0.2) is 0 Å². The van der Waals surface area contributed by atoms with Gasteiger partial charge in [-0.2, -0.15) is 0 Å². The van der Waals surface area contributed by atoms with Crippen molar-refractivity contribution in [3.8, 4) is 22.6 Å². The van der Waals surface area contributed by atoms with Gasteiger partial charge in [-0.05, 0) is 53.1 Å². The van der Waals surface area contributed by atoms with Crippen molar-refractivity contribution in [3.05, 3.63) is 82.9 Å². The molecule has 1 heterocycles. The number of hydrogen-bond donors (Lipinski definition) is 1. The zero-order chi connectivity index (χ0) is 22.6. The molecular formula is C25H23ClO6. The Hall–Kier alpha value is -3.06.